The van der Waals surface area contributed by atoms with Gasteiger partial charge in [-0.15, -0.1) is 10.2 Å². The van der Waals surface area contributed by atoms with E-state index in [1.54, 1.807) is 30.6 Å². The summed E-state index contributed by atoms with van der Waals surface area (Å²) in [5, 5.41) is 13.4. The van der Waals surface area contributed by atoms with Crippen molar-refractivity contribution in [3.63, 3.8) is 0 Å². The van der Waals surface area contributed by atoms with Gasteiger partial charge in [0, 0.05) is 11.7 Å². The summed E-state index contributed by atoms with van der Waals surface area (Å²) in [5.41, 5.74) is 0.633. The van der Waals surface area contributed by atoms with E-state index in [1.807, 2.05) is 10.6 Å². The molecular weight excluding hydrogens is 302 g/mol. The maximum atomic E-state index is 11.8. The number of amides is 3. The zero-order valence-corrected chi connectivity index (χ0v) is 12.5. The van der Waals surface area contributed by atoms with Gasteiger partial charge in [0.15, 0.2) is 5.16 Å². The van der Waals surface area contributed by atoms with Gasteiger partial charge in [-0.05, 0) is 25.0 Å². The van der Waals surface area contributed by atoms with Crippen molar-refractivity contribution in [1.29, 1.82) is 0 Å². The quantitative estimate of drug-likeness (QED) is 0.824. The fourth-order valence-electron chi connectivity index (χ4n) is 1.92. The van der Waals surface area contributed by atoms with Crippen LogP contribution in [0.1, 0.15) is 18.9 Å². The van der Waals surface area contributed by atoms with Crippen molar-refractivity contribution in [3.05, 3.63) is 36.7 Å². The smallest absolute Gasteiger partial charge is 0.308 e. The van der Waals surface area contributed by atoms with Crippen molar-refractivity contribution < 1.29 is 9.59 Å². The molecule has 0 bridgehead atoms. The first kappa shape index (κ1) is 14.6. The van der Waals surface area contributed by atoms with Gasteiger partial charge in [-0.3, -0.25) is 10.1 Å². The van der Waals surface area contributed by atoms with Gasteiger partial charge in [-0.2, -0.15) is 0 Å². The Labute approximate surface area is 131 Å². The molecule has 1 saturated carbocycles. The molecule has 0 atom stereocenters. The number of nitrogens with one attached hydrogen (secondary N) is 2. The van der Waals surface area contributed by atoms with Crippen molar-refractivity contribution in [3.8, 4) is 0 Å². The van der Waals surface area contributed by atoms with Crippen LogP contribution in [0.15, 0.2) is 41.8 Å². The van der Waals surface area contributed by atoms with Crippen molar-refractivity contribution in [2.24, 2.45) is 0 Å². The summed E-state index contributed by atoms with van der Waals surface area (Å²) in [6, 6.07) is 8.87. The summed E-state index contributed by atoms with van der Waals surface area (Å²) < 4.78 is 1.97. The van der Waals surface area contributed by atoms with Crippen molar-refractivity contribution in [2.45, 2.75) is 24.0 Å². The molecule has 114 valence electrons. The number of carbonyl (C=O) groups excluding carboxylic acids is 2. The largest absolute Gasteiger partial charge is 0.325 e. The van der Waals surface area contributed by atoms with Crippen LogP contribution in [0, 0.1) is 0 Å². The van der Waals surface area contributed by atoms with Crippen LogP contribution in [-0.2, 0) is 4.79 Å². The van der Waals surface area contributed by atoms with E-state index in [0.29, 0.717) is 16.9 Å². The van der Waals surface area contributed by atoms with Gasteiger partial charge in [0.25, 0.3) is 0 Å². The molecule has 22 heavy (non-hydrogen) atoms. The van der Waals surface area contributed by atoms with E-state index >= 15 is 0 Å². The fraction of sp³-hybridized carbons (Fsp3) is 0.286. The second-order valence-corrected chi connectivity index (χ2v) is 5.85. The molecule has 1 aliphatic carbocycles. The van der Waals surface area contributed by atoms with E-state index in [4.69, 9.17) is 0 Å². The van der Waals surface area contributed by atoms with Crippen LogP contribution in [-0.4, -0.2) is 32.5 Å². The Morgan fingerprint density at radius 3 is 2.77 bits per heavy atom. The SMILES string of the molecule is O=C(CSc1nncn1C1CC1)NC(=O)Nc1ccccc1. The zero-order valence-electron chi connectivity index (χ0n) is 11.7. The molecule has 8 heteroatoms. The van der Waals surface area contributed by atoms with Crippen molar-refractivity contribution in [1.82, 2.24) is 20.1 Å². The third-order valence-electron chi connectivity index (χ3n) is 3.10. The monoisotopic (exact) mass is 317 g/mol. The number of hydrogen-bond acceptors (Lipinski definition) is 5. The normalized spacial score (nSPS) is 13.6. The second kappa shape index (κ2) is 6.61. The lowest BCUT2D eigenvalue weighted by molar-refractivity contribution is -0.117. The first-order valence-electron chi connectivity index (χ1n) is 6.90. The summed E-state index contributed by atoms with van der Waals surface area (Å²) in [4.78, 5) is 23.5. The summed E-state index contributed by atoms with van der Waals surface area (Å²) in [5.74, 6) is -0.253. The number of carbonyl (C=O) groups is 2. The molecule has 1 fully saturated rings. The Bertz CT molecular complexity index is 669. The summed E-state index contributed by atoms with van der Waals surface area (Å²) >= 11 is 1.28. The molecule has 0 radical (unpaired) electrons. The number of aromatic nitrogens is 3. The average molecular weight is 317 g/mol. The van der Waals surface area contributed by atoms with E-state index in [2.05, 4.69) is 20.8 Å². The number of anilines is 1. The number of imide groups is 1. The molecule has 0 unspecified atom stereocenters. The van der Waals surface area contributed by atoms with Gasteiger partial charge in [-0.1, -0.05) is 30.0 Å². The number of para-hydroxylation sites is 1. The highest BCUT2D eigenvalue weighted by Gasteiger charge is 2.26. The van der Waals surface area contributed by atoms with Crippen LogP contribution in [0.4, 0.5) is 10.5 Å². The predicted octanol–water partition coefficient (Wildman–Crippen LogP) is 2.05. The van der Waals surface area contributed by atoms with E-state index < -0.39 is 6.03 Å². The highest BCUT2D eigenvalue weighted by atomic mass is 32.2. The summed E-state index contributed by atoms with van der Waals surface area (Å²) in [7, 11) is 0. The zero-order chi connectivity index (χ0) is 15.4. The molecule has 3 rings (SSSR count). The predicted molar refractivity (Wildman–Crippen MR) is 82.6 cm³/mol. The average Bonchev–Trinajstić information content (AvgIpc) is 3.24. The van der Waals surface area contributed by atoms with Gasteiger partial charge >= 0.3 is 6.03 Å². The Morgan fingerprint density at radius 1 is 1.27 bits per heavy atom. The van der Waals surface area contributed by atoms with E-state index in [1.165, 1.54) is 11.8 Å². The molecule has 0 spiro atoms. The number of rotatable bonds is 5. The lowest BCUT2D eigenvalue weighted by Gasteiger charge is -2.07. The van der Waals surface area contributed by atoms with Crippen LogP contribution >= 0.6 is 11.8 Å². The van der Waals surface area contributed by atoms with Crippen LogP contribution in [0.5, 0.6) is 0 Å². The standard InChI is InChI=1S/C14H15N5O2S/c20-12(17-13(21)16-10-4-2-1-3-5-10)8-22-14-18-15-9-19(14)11-6-7-11/h1-5,9,11H,6-8H2,(H2,16,17,20,21). The molecular formula is C14H15N5O2S. The van der Waals surface area contributed by atoms with Crippen LogP contribution in [0.2, 0.25) is 0 Å². The first-order valence-corrected chi connectivity index (χ1v) is 7.89. The number of benzene rings is 1. The number of urea groups is 1. The van der Waals surface area contributed by atoms with Gasteiger partial charge in [0.05, 0.1) is 5.75 Å². The Kier molecular flexibility index (Phi) is 4.38. The van der Waals surface area contributed by atoms with Crippen molar-refractivity contribution >= 4 is 29.4 Å². The van der Waals surface area contributed by atoms with Gasteiger partial charge < -0.3 is 9.88 Å². The van der Waals surface area contributed by atoms with Crippen LogP contribution < -0.4 is 10.6 Å². The minimum Gasteiger partial charge on any atom is -0.308 e. The Hall–Kier alpha value is -2.35. The Balaban J connectivity index is 1.46. The van der Waals surface area contributed by atoms with E-state index in [0.717, 1.165) is 12.8 Å². The van der Waals surface area contributed by atoms with Crippen LogP contribution in [0.25, 0.3) is 0 Å². The van der Waals surface area contributed by atoms with Gasteiger partial charge in [0.1, 0.15) is 6.33 Å². The number of nitrogens with zero attached hydrogens (tertiary/aromatic N) is 3. The topological polar surface area (TPSA) is 88.9 Å². The molecule has 3 amide bonds. The minimum absolute atomic E-state index is 0.119. The van der Waals surface area contributed by atoms with Crippen molar-refractivity contribution in [2.75, 3.05) is 11.1 Å². The third kappa shape index (κ3) is 3.85. The molecule has 1 heterocycles. The highest BCUT2D eigenvalue weighted by molar-refractivity contribution is 7.99. The maximum Gasteiger partial charge on any atom is 0.325 e. The van der Waals surface area contributed by atoms with Gasteiger partial charge in [-0.25, -0.2) is 4.79 Å². The molecule has 1 aromatic carbocycles. The van der Waals surface area contributed by atoms with E-state index in [-0.39, 0.29) is 11.7 Å². The second-order valence-electron chi connectivity index (χ2n) is 4.91. The third-order valence-corrected chi connectivity index (χ3v) is 4.05. The molecule has 2 aromatic rings. The molecule has 7 nitrogen and oxygen atoms in total. The number of thioether (sulfide) groups is 1. The summed E-state index contributed by atoms with van der Waals surface area (Å²) in [6.07, 6.45) is 3.93. The molecule has 0 aliphatic heterocycles. The van der Waals surface area contributed by atoms with Gasteiger partial charge in [0.2, 0.25) is 5.91 Å². The highest BCUT2D eigenvalue weighted by Crippen LogP contribution is 2.37. The first-order chi connectivity index (χ1) is 10.7. The summed E-state index contributed by atoms with van der Waals surface area (Å²) in [6.45, 7) is 0. The molecule has 2 N–H and O–H groups in total. The Morgan fingerprint density at radius 2 is 2.05 bits per heavy atom. The molecule has 1 aromatic heterocycles. The minimum atomic E-state index is -0.541. The van der Waals surface area contributed by atoms with Crippen LogP contribution in [0.3, 0.4) is 0 Å². The maximum absolute atomic E-state index is 11.8. The lowest BCUT2D eigenvalue weighted by atomic mass is 10.3. The molecule has 0 saturated heterocycles. The fourth-order valence-corrected chi connectivity index (χ4v) is 2.70. The number of hydrogen-bond donors (Lipinski definition) is 2. The lowest BCUT2D eigenvalue weighted by Crippen LogP contribution is -2.35. The molecule has 1 aliphatic rings. The van der Waals surface area contributed by atoms with E-state index in [9.17, 15) is 9.59 Å².